The Morgan fingerprint density at radius 2 is 1.92 bits per heavy atom. The van der Waals surface area contributed by atoms with Crippen molar-refractivity contribution in [2.45, 2.75) is 12.8 Å². The second-order valence-corrected chi connectivity index (χ2v) is 3.43. The van der Waals surface area contributed by atoms with Gasteiger partial charge in [0, 0.05) is 11.4 Å². The van der Waals surface area contributed by atoms with Gasteiger partial charge in [-0.3, -0.25) is 0 Å². The molecule has 0 aliphatic rings. The molecule has 12 heavy (non-hydrogen) atoms. The summed E-state index contributed by atoms with van der Waals surface area (Å²) in [4.78, 5) is 0. The number of hydrogen-bond acceptors (Lipinski definition) is 0. The van der Waals surface area contributed by atoms with Crippen LogP contribution in [0, 0.1) is 5.82 Å². The molecule has 1 aromatic rings. The second kappa shape index (κ2) is 3.09. The van der Waals surface area contributed by atoms with Crippen molar-refractivity contribution in [2.24, 2.45) is 0 Å². The van der Waals surface area contributed by atoms with Crippen LogP contribution in [0.4, 0.5) is 13.2 Å². The zero-order chi connectivity index (χ0) is 9.35. The normalized spacial score (nSPS) is 11.8. The van der Waals surface area contributed by atoms with Crippen molar-refractivity contribution >= 4 is 15.9 Å². The van der Waals surface area contributed by atoms with Gasteiger partial charge < -0.3 is 0 Å². The van der Waals surface area contributed by atoms with Gasteiger partial charge in [0.25, 0.3) is 5.92 Å². The van der Waals surface area contributed by atoms with Gasteiger partial charge in [-0.05, 0) is 18.2 Å². The van der Waals surface area contributed by atoms with Crippen LogP contribution in [-0.2, 0) is 5.92 Å². The second-order valence-electron chi connectivity index (χ2n) is 2.51. The molecule has 0 heterocycles. The summed E-state index contributed by atoms with van der Waals surface area (Å²) >= 11 is 2.98. The third-order valence-electron chi connectivity index (χ3n) is 1.40. The van der Waals surface area contributed by atoms with E-state index in [9.17, 15) is 13.2 Å². The lowest BCUT2D eigenvalue weighted by Crippen LogP contribution is -2.09. The number of halogens is 4. The van der Waals surface area contributed by atoms with Gasteiger partial charge >= 0.3 is 0 Å². The topological polar surface area (TPSA) is 0 Å². The average molecular weight is 239 g/mol. The smallest absolute Gasteiger partial charge is 0.206 e. The van der Waals surface area contributed by atoms with Crippen LogP contribution in [0.15, 0.2) is 22.7 Å². The zero-order valence-corrected chi connectivity index (χ0v) is 7.83. The number of hydrogen-bond donors (Lipinski definition) is 0. The van der Waals surface area contributed by atoms with Gasteiger partial charge in [0.05, 0.1) is 5.56 Å². The van der Waals surface area contributed by atoms with Gasteiger partial charge in [-0.15, -0.1) is 0 Å². The third kappa shape index (κ3) is 2.00. The first-order valence-electron chi connectivity index (χ1n) is 3.24. The van der Waals surface area contributed by atoms with Crippen molar-refractivity contribution in [2.75, 3.05) is 0 Å². The van der Waals surface area contributed by atoms with E-state index in [1.807, 2.05) is 0 Å². The Balaban J connectivity index is 3.19. The quantitative estimate of drug-likeness (QED) is 0.700. The molecule has 1 aromatic carbocycles. The van der Waals surface area contributed by atoms with Gasteiger partial charge in [-0.2, -0.15) is 0 Å². The lowest BCUT2D eigenvalue weighted by atomic mass is 10.1. The molecule has 1 rings (SSSR count). The minimum atomic E-state index is -3.12. The lowest BCUT2D eigenvalue weighted by Gasteiger charge is -2.11. The fourth-order valence-electron chi connectivity index (χ4n) is 0.845. The molecule has 66 valence electrons. The highest BCUT2D eigenvalue weighted by Gasteiger charge is 2.27. The maximum Gasteiger partial charge on any atom is 0.273 e. The summed E-state index contributed by atoms with van der Waals surface area (Å²) in [7, 11) is 0. The molecule has 0 aromatic heterocycles. The van der Waals surface area contributed by atoms with E-state index in [0.717, 1.165) is 12.1 Å². The summed E-state index contributed by atoms with van der Waals surface area (Å²) in [5.41, 5.74) is -0.578. The van der Waals surface area contributed by atoms with Crippen molar-refractivity contribution in [3.05, 3.63) is 34.1 Å². The fourth-order valence-corrected chi connectivity index (χ4v) is 1.18. The van der Waals surface area contributed by atoms with E-state index in [0.29, 0.717) is 11.4 Å². The van der Waals surface area contributed by atoms with E-state index in [-0.39, 0.29) is 0 Å². The number of rotatable bonds is 1. The van der Waals surface area contributed by atoms with Crippen LogP contribution in [0.2, 0.25) is 0 Å². The van der Waals surface area contributed by atoms with Crippen LogP contribution in [0.1, 0.15) is 12.5 Å². The molecule has 0 bridgehead atoms. The summed E-state index contributed by atoms with van der Waals surface area (Å²) in [6.07, 6.45) is 0. The summed E-state index contributed by atoms with van der Waals surface area (Å²) in [5, 5.41) is 0. The van der Waals surface area contributed by atoms with Gasteiger partial charge in [0.2, 0.25) is 0 Å². The van der Waals surface area contributed by atoms with Crippen molar-refractivity contribution in [1.82, 2.24) is 0 Å². The van der Waals surface area contributed by atoms with Crippen molar-refractivity contribution < 1.29 is 13.2 Å². The van der Waals surface area contributed by atoms with E-state index >= 15 is 0 Å². The van der Waals surface area contributed by atoms with E-state index in [4.69, 9.17) is 0 Å². The van der Waals surface area contributed by atoms with Gasteiger partial charge in [0.1, 0.15) is 5.82 Å². The van der Waals surface area contributed by atoms with E-state index in [1.54, 1.807) is 0 Å². The predicted octanol–water partition coefficient (Wildman–Crippen LogP) is 3.70. The molecule has 0 aliphatic heterocycles. The Morgan fingerprint density at radius 3 is 2.33 bits per heavy atom. The van der Waals surface area contributed by atoms with Gasteiger partial charge in [-0.1, -0.05) is 15.9 Å². The Hall–Kier alpha value is -0.510. The first kappa shape index (κ1) is 9.58. The number of alkyl halides is 2. The largest absolute Gasteiger partial charge is 0.273 e. The van der Waals surface area contributed by atoms with Crippen LogP contribution in [-0.4, -0.2) is 0 Å². The Kier molecular flexibility index (Phi) is 2.46. The highest BCUT2D eigenvalue weighted by Crippen LogP contribution is 2.30. The molecule has 0 radical (unpaired) electrons. The Labute approximate surface area is 76.5 Å². The Bertz CT molecular complexity index is 291. The summed E-state index contributed by atoms with van der Waals surface area (Å²) < 4.78 is 38.5. The molecule has 0 fully saturated rings. The molecule has 0 nitrogen and oxygen atoms in total. The summed E-state index contributed by atoms with van der Waals surface area (Å²) in [6, 6.07) is 3.47. The minimum Gasteiger partial charge on any atom is -0.206 e. The summed E-state index contributed by atoms with van der Waals surface area (Å²) in [6.45, 7) is 0.666. The number of benzene rings is 1. The van der Waals surface area contributed by atoms with Gasteiger partial charge in [0.15, 0.2) is 0 Å². The van der Waals surface area contributed by atoms with E-state index in [2.05, 4.69) is 15.9 Å². The average Bonchev–Trinajstić information content (AvgIpc) is 1.83. The standard InChI is InChI=1S/C8H6BrF3/c1-8(11,12)6-3-2-5(9)4-7(6)10/h2-4H,1H3. The van der Waals surface area contributed by atoms with Crippen LogP contribution >= 0.6 is 15.9 Å². The van der Waals surface area contributed by atoms with E-state index < -0.39 is 17.3 Å². The predicted molar refractivity (Wildman–Crippen MR) is 43.7 cm³/mol. The molecule has 0 unspecified atom stereocenters. The molecular formula is C8H6BrF3. The molecule has 0 aliphatic carbocycles. The van der Waals surface area contributed by atoms with Crippen molar-refractivity contribution in [3.8, 4) is 0 Å². The van der Waals surface area contributed by atoms with Crippen molar-refractivity contribution in [1.29, 1.82) is 0 Å². The molecule has 0 atom stereocenters. The van der Waals surface area contributed by atoms with Crippen molar-refractivity contribution in [3.63, 3.8) is 0 Å². The third-order valence-corrected chi connectivity index (χ3v) is 1.90. The first-order chi connectivity index (χ1) is 5.41. The maximum absolute atomic E-state index is 12.8. The maximum atomic E-state index is 12.8. The van der Waals surface area contributed by atoms with Crippen LogP contribution in [0.5, 0.6) is 0 Å². The Morgan fingerprint density at radius 1 is 1.33 bits per heavy atom. The molecule has 0 spiro atoms. The monoisotopic (exact) mass is 238 g/mol. The SMILES string of the molecule is CC(F)(F)c1ccc(Br)cc1F. The highest BCUT2D eigenvalue weighted by molar-refractivity contribution is 9.10. The zero-order valence-electron chi connectivity index (χ0n) is 6.24. The summed E-state index contributed by atoms with van der Waals surface area (Å²) in [5.74, 6) is -4.01. The molecule has 0 saturated heterocycles. The molecular weight excluding hydrogens is 233 g/mol. The minimum absolute atomic E-state index is 0.452. The molecule has 4 heteroatoms. The van der Waals surface area contributed by atoms with Crippen LogP contribution in [0.3, 0.4) is 0 Å². The van der Waals surface area contributed by atoms with Crippen LogP contribution in [0.25, 0.3) is 0 Å². The molecule has 0 N–H and O–H groups in total. The first-order valence-corrected chi connectivity index (χ1v) is 4.04. The van der Waals surface area contributed by atoms with E-state index in [1.165, 1.54) is 6.07 Å². The highest BCUT2D eigenvalue weighted by atomic mass is 79.9. The molecule has 0 amide bonds. The fraction of sp³-hybridized carbons (Fsp3) is 0.250. The molecule has 0 saturated carbocycles. The van der Waals surface area contributed by atoms with Gasteiger partial charge in [-0.25, -0.2) is 13.2 Å². The van der Waals surface area contributed by atoms with Crippen LogP contribution < -0.4 is 0 Å². The lowest BCUT2D eigenvalue weighted by molar-refractivity contribution is 0.0137.